The SMILES string of the molecule is CCCCC1CCCC(CC)N1. The van der Waals surface area contributed by atoms with Crippen LogP contribution in [0.15, 0.2) is 0 Å². The Kier molecular flexibility index (Phi) is 4.67. The predicted molar refractivity (Wildman–Crippen MR) is 54.4 cm³/mol. The molecule has 2 unspecified atom stereocenters. The van der Waals surface area contributed by atoms with E-state index in [2.05, 4.69) is 19.2 Å². The Morgan fingerprint density at radius 1 is 1.17 bits per heavy atom. The fraction of sp³-hybridized carbons (Fsp3) is 1.00. The highest BCUT2D eigenvalue weighted by atomic mass is 15.0. The summed E-state index contributed by atoms with van der Waals surface area (Å²) in [6.45, 7) is 4.57. The van der Waals surface area contributed by atoms with Crippen LogP contribution in [0.3, 0.4) is 0 Å². The van der Waals surface area contributed by atoms with Gasteiger partial charge in [-0.05, 0) is 25.7 Å². The summed E-state index contributed by atoms with van der Waals surface area (Å²) in [7, 11) is 0. The molecule has 1 saturated heterocycles. The lowest BCUT2D eigenvalue weighted by atomic mass is 9.94. The van der Waals surface area contributed by atoms with Crippen molar-refractivity contribution in [2.75, 3.05) is 0 Å². The van der Waals surface area contributed by atoms with Crippen molar-refractivity contribution in [3.8, 4) is 0 Å². The minimum absolute atomic E-state index is 0.820. The average molecular weight is 169 g/mol. The first-order valence-electron chi connectivity index (χ1n) is 5.62. The maximum Gasteiger partial charge on any atom is 0.00696 e. The Labute approximate surface area is 76.9 Å². The van der Waals surface area contributed by atoms with Crippen LogP contribution in [0.4, 0.5) is 0 Å². The van der Waals surface area contributed by atoms with Crippen LogP contribution < -0.4 is 5.32 Å². The molecule has 0 amide bonds. The van der Waals surface area contributed by atoms with Gasteiger partial charge in [-0.3, -0.25) is 0 Å². The highest BCUT2D eigenvalue weighted by Crippen LogP contribution is 2.18. The number of hydrogen-bond donors (Lipinski definition) is 1. The summed E-state index contributed by atoms with van der Waals surface area (Å²) in [5, 5.41) is 3.74. The molecule has 0 saturated carbocycles. The van der Waals surface area contributed by atoms with Gasteiger partial charge in [-0.2, -0.15) is 0 Å². The zero-order valence-corrected chi connectivity index (χ0v) is 8.60. The van der Waals surface area contributed by atoms with Gasteiger partial charge in [-0.25, -0.2) is 0 Å². The smallest absolute Gasteiger partial charge is 0.00696 e. The second kappa shape index (κ2) is 5.58. The molecule has 1 nitrogen and oxygen atoms in total. The number of hydrogen-bond acceptors (Lipinski definition) is 1. The molecule has 2 atom stereocenters. The van der Waals surface area contributed by atoms with Crippen molar-refractivity contribution in [2.45, 2.75) is 70.9 Å². The summed E-state index contributed by atoms with van der Waals surface area (Å²) >= 11 is 0. The molecule has 12 heavy (non-hydrogen) atoms. The molecular formula is C11H23N. The van der Waals surface area contributed by atoms with E-state index in [1.807, 2.05) is 0 Å². The quantitative estimate of drug-likeness (QED) is 0.682. The third-order valence-corrected chi connectivity index (χ3v) is 2.98. The number of rotatable bonds is 4. The van der Waals surface area contributed by atoms with E-state index < -0.39 is 0 Å². The van der Waals surface area contributed by atoms with Crippen LogP contribution in [0.5, 0.6) is 0 Å². The zero-order valence-electron chi connectivity index (χ0n) is 8.60. The van der Waals surface area contributed by atoms with Crippen LogP contribution in [0.25, 0.3) is 0 Å². The molecule has 1 aliphatic heterocycles. The predicted octanol–water partition coefficient (Wildman–Crippen LogP) is 3.10. The maximum absolute atomic E-state index is 3.74. The highest BCUT2D eigenvalue weighted by Gasteiger charge is 2.18. The first kappa shape index (κ1) is 10.0. The minimum atomic E-state index is 0.820. The topological polar surface area (TPSA) is 12.0 Å². The van der Waals surface area contributed by atoms with Crippen LogP contribution in [0, 0.1) is 0 Å². The van der Waals surface area contributed by atoms with E-state index in [0.717, 1.165) is 12.1 Å². The summed E-state index contributed by atoms with van der Waals surface area (Å²) in [6, 6.07) is 1.66. The Morgan fingerprint density at radius 2 is 1.92 bits per heavy atom. The van der Waals surface area contributed by atoms with Gasteiger partial charge in [0.1, 0.15) is 0 Å². The molecule has 1 aliphatic rings. The Morgan fingerprint density at radius 3 is 2.58 bits per heavy atom. The fourth-order valence-electron chi connectivity index (χ4n) is 2.11. The van der Waals surface area contributed by atoms with Crippen LogP contribution >= 0.6 is 0 Å². The number of unbranched alkanes of at least 4 members (excludes halogenated alkanes) is 1. The van der Waals surface area contributed by atoms with Gasteiger partial charge in [0.15, 0.2) is 0 Å². The van der Waals surface area contributed by atoms with Gasteiger partial charge in [-0.15, -0.1) is 0 Å². The third-order valence-electron chi connectivity index (χ3n) is 2.98. The van der Waals surface area contributed by atoms with Gasteiger partial charge < -0.3 is 5.32 Å². The van der Waals surface area contributed by atoms with Crippen molar-refractivity contribution < 1.29 is 0 Å². The molecule has 1 fully saturated rings. The van der Waals surface area contributed by atoms with E-state index in [4.69, 9.17) is 0 Å². The van der Waals surface area contributed by atoms with E-state index >= 15 is 0 Å². The summed E-state index contributed by atoms with van der Waals surface area (Å²) in [5.41, 5.74) is 0. The molecular weight excluding hydrogens is 146 g/mol. The molecule has 1 N–H and O–H groups in total. The summed E-state index contributed by atoms with van der Waals surface area (Å²) < 4.78 is 0. The van der Waals surface area contributed by atoms with Crippen LogP contribution in [-0.4, -0.2) is 12.1 Å². The molecule has 0 aromatic carbocycles. The normalized spacial score (nSPS) is 30.5. The van der Waals surface area contributed by atoms with Crippen molar-refractivity contribution in [3.63, 3.8) is 0 Å². The van der Waals surface area contributed by atoms with Crippen LogP contribution in [0.1, 0.15) is 58.8 Å². The second-order valence-corrected chi connectivity index (χ2v) is 4.04. The molecule has 0 aromatic rings. The van der Waals surface area contributed by atoms with Crippen molar-refractivity contribution in [1.82, 2.24) is 5.32 Å². The van der Waals surface area contributed by atoms with Crippen LogP contribution in [0.2, 0.25) is 0 Å². The van der Waals surface area contributed by atoms with Crippen molar-refractivity contribution in [2.24, 2.45) is 0 Å². The maximum atomic E-state index is 3.74. The van der Waals surface area contributed by atoms with Gasteiger partial charge in [0.05, 0.1) is 0 Å². The van der Waals surface area contributed by atoms with E-state index in [1.54, 1.807) is 0 Å². The van der Waals surface area contributed by atoms with Crippen molar-refractivity contribution in [1.29, 1.82) is 0 Å². The van der Waals surface area contributed by atoms with Gasteiger partial charge in [0.2, 0.25) is 0 Å². The molecule has 0 aliphatic carbocycles. The number of nitrogens with one attached hydrogen (secondary N) is 1. The Hall–Kier alpha value is -0.0400. The lowest BCUT2D eigenvalue weighted by Crippen LogP contribution is -2.41. The highest BCUT2D eigenvalue weighted by molar-refractivity contribution is 4.79. The largest absolute Gasteiger partial charge is 0.311 e. The standard InChI is InChI=1S/C11H23N/c1-3-5-7-11-9-6-8-10(4-2)12-11/h10-12H,3-9H2,1-2H3. The monoisotopic (exact) mass is 169 g/mol. The zero-order chi connectivity index (χ0) is 8.81. The Balaban J connectivity index is 2.16. The summed E-state index contributed by atoms with van der Waals surface area (Å²) in [6.07, 6.45) is 9.70. The molecule has 0 spiro atoms. The van der Waals surface area contributed by atoms with Crippen molar-refractivity contribution in [3.05, 3.63) is 0 Å². The lowest BCUT2D eigenvalue weighted by Gasteiger charge is -2.30. The molecule has 0 bridgehead atoms. The molecule has 0 radical (unpaired) electrons. The lowest BCUT2D eigenvalue weighted by molar-refractivity contribution is 0.298. The number of piperidine rings is 1. The average Bonchev–Trinajstić information content (AvgIpc) is 2.15. The molecule has 1 rings (SSSR count). The van der Waals surface area contributed by atoms with E-state index in [0.29, 0.717) is 0 Å². The van der Waals surface area contributed by atoms with Crippen LogP contribution in [-0.2, 0) is 0 Å². The molecule has 1 heterocycles. The minimum Gasteiger partial charge on any atom is -0.311 e. The van der Waals surface area contributed by atoms with E-state index in [-0.39, 0.29) is 0 Å². The molecule has 1 heteroatoms. The Bertz CT molecular complexity index is 112. The second-order valence-electron chi connectivity index (χ2n) is 4.04. The first-order valence-corrected chi connectivity index (χ1v) is 5.62. The van der Waals surface area contributed by atoms with Gasteiger partial charge in [-0.1, -0.05) is 33.1 Å². The van der Waals surface area contributed by atoms with Gasteiger partial charge in [0.25, 0.3) is 0 Å². The van der Waals surface area contributed by atoms with Gasteiger partial charge >= 0.3 is 0 Å². The van der Waals surface area contributed by atoms with Gasteiger partial charge in [0, 0.05) is 12.1 Å². The summed E-state index contributed by atoms with van der Waals surface area (Å²) in [4.78, 5) is 0. The molecule has 0 aromatic heterocycles. The van der Waals surface area contributed by atoms with Crippen molar-refractivity contribution >= 4 is 0 Å². The third kappa shape index (κ3) is 3.14. The van der Waals surface area contributed by atoms with E-state index in [1.165, 1.54) is 44.9 Å². The molecule has 72 valence electrons. The summed E-state index contributed by atoms with van der Waals surface area (Å²) in [5.74, 6) is 0. The van der Waals surface area contributed by atoms with E-state index in [9.17, 15) is 0 Å². The fourth-order valence-corrected chi connectivity index (χ4v) is 2.11. The first-order chi connectivity index (χ1) is 5.86.